The number of hydrogen-bond acceptors (Lipinski definition) is 3. The molecule has 0 amide bonds. The fourth-order valence-electron chi connectivity index (χ4n) is 1.12. The first kappa shape index (κ1) is 11.6. The van der Waals surface area contributed by atoms with E-state index in [2.05, 4.69) is 31.4 Å². The van der Waals surface area contributed by atoms with Gasteiger partial charge >= 0.3 is 0 Å². The maximum absolute atomic E-state index is 5.96. The zero-order valence-corrected chi connectivity index (χ0v) is 11.0. The van der Waals surface area contributed by atoms with Crippen LogP contribution >= 0.6 is 39.1 Å². The quantitative estimate of drug-likeness (QED) is 0.897. The lowest BCUT2D eigenvalue weighted by Crippen LogP contribution is -1.95. The minimum absolute atomic E-state index is 0.357. The second kappa shape index (κ2) is 4.99. The van der Waals surface area contributed by atoms with Crippen molar-refractivity contribution < 1.29 is 0 Å². The van der Waals surface area contributed by atoms with Gasteiger partial charge in [-0.25, -0.2) is 0 Å². The first-order chi connectivity index (χ1) is 7.66. The fraction of sp³-hybridized carbons (Fsp3) is 0. The van der Waals surface area contributed by atoms with Crippen molar-refractivity contribution >= 4 is 50.6 Å². The molecule has 0 bridgehead atoms. The molecule has 0 aliphatic heterocycles. The van der Waals surface area contributed by atoms with Gasteiger partial charge in [-0.2, -0.15) is 0 Å². The van der Waals surface area contributed by atoms with Gasteiger partial charge in [-0.05, 0) is 40.2 Å². The van der Waals surface area contributed by atoms with E-state index in [0.29, 0.717) is 16.0 Å². The van der Waals surface area contributed by atoms with Gasteiger partial charge in [0.2, 0.25) is 0 Å². The highest BCUT2D eigenvalue weighted by Crippen LogP contribution is 2.31. The van der Waals surface area contributed by atoms with Gasteiger partial charge in [-0.1, -0.05) is 29.3 Å². The van der Waals surface area contributed by atoms with E-state index in [0.717, 1.165) is 10.2 Å². The third kappa shape index (κ3) is 2.64. The van der Waals surface area contributed by atoms with Crippen LogP contribution in [0.3, 0.4) is 0 Å². The van der Waals surface area contributed by atoms with Crippen molar-refractivity contribution in [2.45, 2.75) is 0 Å². The molecule has 0 saturated carbocycles. The Bertz CT molecular complexity index is 502. The summed E-state index contributed by atoms with van der Waals surface area (Å²) in [6, 6.07) is 8.92. The summed E-state index contributed by atoms with van der Waals surface area (Å²) in [7, 11) is 0. The summed E-state index contributed by atoms with van der Waals surface area (Å²) in [5.74, 6) is 0.604. The fourth-order valence-corrected chi connectivity index (χ4v) is 1.76. The predicted octanol–water partition coefficient (Wildman–Crippen LogP) is 4.29. The van der Waals surface area contributed by atoms with Gasteiger partial charge in [0.25, 0.3) is 0 Å². The van der Waals surface area contributed by atoms with Crippen LogP contribution in [-0.4, -0.2) is 10.2 Å². The van der Waals surface area contributed by atoms with Crippen molar-refractivity contribution in [3.63, 3.8) is 0 Å². The van der Waals surface area contributed by atoms with Crippen LogP contribution in [-0.2, 0) is 0 Å². The molecule has 0 aliphatic rings. The summed E-state index contributed by atoms with van der Waals surface area (Å²) >= 11 is 15.0. The standard InChI is InChI=1S/C10H6BrCl2N3/c11-10-6(12)2-1-3-7(10)14-9-5-4-8(13)15-16-9/h1-5H,(H,14,16). The van der Waals surface area contributed by atoms with Crippen molar-refractivity contribution in [1.82, 2.24) is 10.2 Å². The van der Waals surface area contributed by atoms with Crippen LogP contribution in [0, 0.1) is 0 Å². The number of nitrogens with zero attached hydrogens (tertiary/aromatic N) is 2. The Hall–Kier alpha value is -0.840. The molecule has 3 nitrogen and oxygen atoms in total. The second-order valence-electron chi connectivity index (χ2n) is 2.97. The molecule has 0 spiro atoms. The molecule has 82 valence electrons. The van der Waals surface area contributed by atoms with Gasteiger partial charge in [-0.3, -0.25) is 0 Å². The Morgan fingerprint density at radius 1 is 1.06 bits per heavy atom. The van der Waals surface area contributed by atoms with Crippen LogP contribution in [0.15, 0.2) is 34.8 Å². The number of aromatic nitrogens is 2. The van der Waals surface area contributed by atoms with Gasteiger partial charge in [-0.15, -0.1) is 10.2 Å². The zero-order chi connectivity index (χ0) is 11.5. The van der Waals surface area contributed by atoms with Crippen molar-refractivity contribution in [1.29, 1.82) is 0 Å². The summed E-state index contributed by atoms with van der Waals surface area (Å²) in [6.45, 7) is 0. The monoisotopic (exact) mass is 317 g/mol. The Balaban J connectivity index is 2.27. The Labute approximate surface area is 111 Å². The normalized spacial score (nSPS) is 10.2. The average Bonchev–Trinajstić information content (AvgIpc) is 2.28. The molecule has 2 rings (SSSR count). The molecule has 0 atom stereocenters. The second-order valence-corrected chi connectivity index (χ2v) is 4.56. The number of hydrogen-bond donors (Lipinski definition) is 1. The predicted molar refractivity (Wildman–Crippen MR) is 69.5 cm³/mol. The number of benzene rings is 1. The number of anilines is 2. The first-order valence-corrected chi connectivity index (χ1v) is 5.92. The number of rotatable bonds is 2. The molecule has 0 saturated heterocycles. The largest absolute Gasteiger partial charge is 0.338 e. The molecule has 2 aromatic rings. The molecule has 0 fully saturated rings. The average molecular weight is 319 g/mol. The van der Waals surface area contributed by atoms with E-state index in [1.54, 1.807) is 18.2 Å². The number of halogens is 3. The highest BCUT2D eigenvalue weighted by molar-refractivity contribution is 9.10. The molecule has 0 aliphatic carbocycles. The maximum atomic E-state index is 5.96. The van der Waals surface area contributed by atoms with E-state index in [4.69, 9.17) is 23.2 Å². The third-order valence-electron chi connectivity index (χ3n) is 1.85. The Kier molecular flexibility index (Phi) is 3.63. The lowest BCUT2D eigenvalue weighted by Gasteiger charge is -2.07. The first-order valence-electron chi connectivity index (χ1n) is 4.37. The highest BCUT2D eigenvalue weighted by atomic mass is 79.9. The van der Waals surface area contributed by atoms with E-state index in [-0.39, 0.29) is 0 Å². The molecular formula is C10H6BrCl2N3. The van der Waals surface area contributed by atoms with E-state index < -0.39 is 0 Å². The summed E-state index contributed by atoms with van der Waals surface area (Å²) in [5.41, 5.74) is 0.823. The maximum Gasteiger partial charge on any atom is 0.153 e. The van der Waals surface area contributed by atoms with Gasteiger partial charge in [0, 0.05) is 0 Å². The minimum Gasteiger partial charge on any atom is -0.338 e. The zero-order valence-electron chi connectivity index (χ0n) is 7.92. The van der Waals surface area contributed by atoms with Gasteiger partial charge in [0.05, 0.1) is 15.2 Å². The summed E-state index contributed by atoms with van der Waals surface area (Å²) < 4.78 is 0.786. The van der Waals surface area contributed by atoms with Crippen LogP contribution in [0.25, 0.3) is 0 Å². The number of nitrogens with one attached hydrogen (secondary N) is 1. The van der Waals surface area contributed by atoms with Crippen LogP contribution < -0.4 is 5.32 Å². The third-order valence-corrected chi connectivity index (χ3v) is 3.45. The Morgan fingerprint density at radius 3 is 2.56 bits per heavy atom. The van der Waals surface area contributed by atoms with Gasteiger partial charge in [0.15, 0.2) is 11.0 Å². The lowest BCUT2D eigenvalue weighted by atomic mass is 10.3. The van der Waals surface area contributed by atoms with Crippen molar-refractivity contribution in [3.05, 3.63) is 45.0 Å². The molecule has 1 heterocycles. The van der Waals surface area contributed by atoms with E-state index in [1.165, 1.54) is 0 Å². The van der Waals surface area contributed by atoms with Crippen LogP contribution in [0.4, 0.5) is 11.5 Å². The molecule has 1 aromatic carbocycles. The van der Waals surface area contributed by atoms with E-state index in [1.807, 2.05) is 12.1 Å². The smallest absolute Gasteiger partial charge is 0.153 e. The minimum atomic E-state index is 0.357. The van der Waals surface area contributed by atoms with Crippen LogP contribution in [0.5, 0.6) is 0 Å². The van der Waals surface area contributed by atoms with Gasteiger partial charge < -0.3 is 5.32 Å². The molecule has 16 heavy (non-hydrogen) atoms. The van der Waals surface area contributed by atoms with Crippen LogP contribution in [0.1, 0.15) is 0 Å². The molecule has 0 unspecified atom stereocenters. The van der Waals surface area contributed by atoms with Crippen molar-refractivity contribution in [3.8, 4) is 0 Å². The highest BCUT2D eigenvalue weighted by Gasteiger charge is 2.04. The molecule has 6 heteroatoms. The molecule has 1 aromatic heterocycles. The van der Waals surface area contributed by atoms with Crippen molar-refractivity contribution in [2.24, 2.45) is 0 Å². The molecular weight excluding hydrogens is 313 g/mol. The SMILES string of the molecule is Clc1ccc(Nc2cccc(Cl)c2Br)nn1. The van der Waals surface area contributed by atoms with E-state index in [9.17, 15) is 0 Å². The Morgan fingerprint density at radius 2 is 1.88 bits per heavy atom. The van der Waals surface area contributed by atoms with Gasteiger partial charge in [0.1, 0.15) is 0 Å². The van der Waals surface area contributed by atoms with Crippen LogP contribution in [0.2, 0.25) is 10.2 Å². The molecule has 1 N–H and O–H groups in total. The summed E-state index contributed by atoms with van der Waals surface area (Å²) in [6.07, 6.45) is 0. The summed E-state index contributed by atoms with van der Waals surface area (Å²) in [5, 5.41) is 11.7. The molecule has 0 radical (unpaired) electrons. The topological polar surface area (TPSA) is 37.8 Å². The summed E-state index contributed by atoms with van der Waals surface area (Å²) in [4.78, 5) is 0. The lowest BCUT2D eigenvalue weighted by molar-refractivity contribution is 1.04. The van der Waals surface area contributed by atoms with Crippen molar-refractivity contribution in [2.75, 3.05) is 5.32 Å². The van der Waals surface area contributed by atoms with E-state index >= 15 is 0 Å².